The number of piperazine rings is 1. The lowest BCUT2D eigenvalue weighted by atomic mass is 10.1. The fourth-order valence-electron chi connectivity index (χ4n) is 3.16. The number of halogens is 1. The van der Waals surface area contributed by atoms with E-state index in [0.29, 0.717) is 31.5 Å². The fourth-order valence-corrected chi connectivity index (χ4v) is 4.67. The van der Waals surface area contributed by atoms with Crippen molar-refractivity contribution in [3.05, 3.63) is 65.5 Å². The standard InChI is InChI=1S/C20H23FN2O3S/c1-16-15-18(8-9-19(16)21)27(25,26)23-13-11-22(12-14-23)20(24)10-7-17-5-3-2-4-6-17/h2-6,8-9,15H,7,10-14H2,1H3. The van der Waals surface area contributed by atoms with Crippen molar-refractivity contribution < 1.29 is 17.6 Å². The molecular weight excluding hydrogens is 367 g/mol. The summed E-state index contributed by atoms with van der Waals surface area (Å²) in [4.78, 5) is 14.2. The molecule has 1 aliphatic heterocycles. The summed E-state index contributed by atoms with van der Waals surface area (Å²) in [5.74, 6) is -0.392. The second-order valence-corrected chi connectivity index (χ2v) is 8.62. The highest BCUT2D eigenvalue weighted by Crippen LogP contribution is 2.20. The highest BCUT2D eigenvalue weighted by Gasteiger charge is 2.30. The zero-order valence-electron chi connectivity index (χ0n) is 15.3. The summed E-state index contributed by atoms with van der Waals surface area (Å²) in [6.07, 6.45) is 1.08. The molecule has 0 aliphatic carbocycles. The molecule has 2 aromatic rings. The van der Waals surface area contributed by atoms with Gasteiger partial charge in [0, 0.05) is 32.6 Å². The van der Waals surface area contributed by atoms with Crippen LogP contribution in [0.3, 0.4) is 0 Å². The van der Waals surface area contributed by atoms with Crippen LogP contribution in [0.25, 0.3) is 0 Å². The Morgan fingerprint density at radius 3 is 2.33 bits per heavy atom. The highest BCUT2D eigenvalue weighted by molar-refractivity contribution is 7.89. The van der Waals surface area contributed by atoms with E-state index in [0.717, 1.165) is 5.56 Å². The van der Waals surface area contributed by atoms with Crippen molar-refractivity contribution >= 4 is 15.9 Å². The molecule has 0 bridgehead atoms. The molecule has 3 rings (SSSR count). The molecule has 0 N–H and O–H groups in total. The van der Waals surface area contributed by atoms with Crippen LogP contribution >= 0.6 is 0 Å². The Balaban J connectivity index is 1.57. The highest BCUT2D eigenvalue weighted by atomic mass is 32.2. The van der Waals surface area contributed by atoms with E-state index in [1.54, 1.807) is 4.90 Å². The van der Waals surface area contributed by atoms with E-state index in [1.165, 1.54) is 29.4 Å². The second kappa shape index (κ2) is 8.19. The second-order valence-electron chi connectivity index (χ2n) is 6.68. The van der Waals surface area contributed by atoms with Crippen LogP contribution in [0.5, 0.6) is 0 Å². The van der Waals surface area contributed by atoms with Crippen LogP contribution in [0.4, 0.5) is 4.39 Å². The lowest BCUT2D eigenvalue weighted by molar-refractivity contribution is -0.132. The molecule has 0 radical (unpaired) electrons. The van der Waals surface area contributed by atoms with Gasteiger partial charge in [0.25, 0.3) is 0 Å². The number of hydrogen-bond donors (Lipinski definition) is 0. The Kier molecular flexibility index (Phi) is 5.92. The lowest BCUT2D eigenvalue weighted by Gasteiger charge is -2.34. The molecule has 1 saturated heterocycles. The van der Waals surface area contributed by atoms with Gasteiger partial charge >= 0.3 is 0 Å². The number of carbonyl (C=O) groups is 1. The van der Waals surface area contributed by atoms with Crippen LogP contribution in [-0.2, 0) is 21.2 Å². The van der Waals surface area contributed by atoms with Crippen LogP contribution in [0.15, 0.2) is 53.4 Å². The third-order valence-corrected chi connectivity index (χ3v) is 6.72. The van der Waals surface area contributed by atoms with Crippen molar-refractivity contribution in [2.45, 2.75) is 24.7 Å². The number of aryl methyl sites for hydroxylation is 2. The van der Waals surface area contributed by atoms with Gasteiger partial charge in [0.2, 0.25) is 15.9 Å². The number of hydrogen-bond acceptors (Lipinski definition) is 3. The Morgan fingerprint density at radius 2 is 1.70 bits per heavy atom. The van der Waals surface area contributed by atoms with E-state index in [-0.39, 0.29) is 23.9 Å². The first-order valence-corrected chi connectivity index (χ1v) is 10.4. The molecule has 27 heavy (non-hydrogen) atoms. The van der Waals surface area contributed by atoms with E-state index >= 15 is 0 Å². The smallest absolute Gasteiger partial charge is 0.243 e. The maximum Gasteiger partial charge on any atom is 0.243 e. The number of benzene rings is 2. The van der Waals surface area contributed by atoms with Crippen molar-refractivity contribution in [2.75, 3.05) is 26.2 Å². The van der Waals surface area contributed by atoms with Gasteiger partial charge in [0.05, 0.1) is 4.90 Å². The Bertz CT molecular complexity index is 908. The maximum absolute atomic E-state index is 13.4. The average molecular weight is 390 g/mol. The number of amides is 1. The minimum atomic E-state index is -3.68. The molecule has 0 unspecified atom stereocenters. The van der Waals surface area contributed by atoms with E-state index < -0.39 is 15.8 Å². The van der Waals surface area contributed by atoms with Crippen molar-refractivity contribution in [1.29, 1.82) is 0 Å². The first kappa shape index (κ1) is 19.5. The quantitative estimate of drug-likeness (QED) is 0.789. The van der Waals surface area contributed by atoms with Gasteiger partial charge in [-0.3, -0.25) is 4.79 Å². The number of nitrogens with zero attached hydrogens (tertiary/aromatic N) is 2. The van der Waals surface area contributed by atoms with Crippen LogP contribution in [0.1, 0.15) is 17.5 Å². The maximum atomic E-state index is 13.4. The lowest BCUT2D eigenvalue weighted by Crippen LogP contribution is -2.50. The molecule has 1 heterocycles. The molecular formula is C20H23FN2O3S. The number of rotatable bonds is 5. The van der Waals surface area contributed by atoms with Gasteiger partial charge in [-0.15, -0.1) is 0 Å². The van der Waals surface area contributed by atoms with Crippen LogP contribution in [-0.4, -0.2) is 49.7 Å². The monoisotopic (exact) mass is 390 g/mol. The predicted molar refractivity (Wildman–Crippen MR) is 101 cm³/mol. The molecule has 0 spiro atoms. The minimum absolute atomic E-state index is 0.0357. The molecule has 144 valence electrons. The largest absolute Gasteiger partial charge is 0.340 e. The molecule has 1 aliphatic rings. The van der Waals surface area contributed by atoms with Crippen molar-refractivity contribution in [3.63, 3.8) is 0 Å². The SMILES string of the molecule is Cc1cc(S(=O)(=O)N2CCN(C(=O)CCc3ccccc3)CC2)ccc1F. The van der Waals surface area contributed by atoms with E-state index in [9.17, 15) is 17.6 Å². The van der Waals surface area contributed by atoms with Gasteiger partial charge in [-0.05, 0) is 42.7 Å². The zero-order chi connectivity index (χ0) is 19.4. The molecule has 7 heteroatoms. The number of sulfonamides is 1. The van der Waals surface area contributed by atoms with Crippen LogP contribution < -0.4 is 0 Å². The molecule has 0 aromatic heterocycles. The number of carbonyl (C=O) groups excluding carboxylic acids is 1. The van der Waals surface area contributed by atoms with Gasteiger partial charge in [-0.25, -0.2) is 12.8 Å². The molecule has 1 amide bonds. The van der Waals surface area contributed by atoms with Crippen molar-refractivity contribution in [3.8, 4) is 0 Å². The predicted octanol–water partition coefficient (Wildman–Crippen LogP) is 2.60. The summed E-state index contributed by atoms with van der Waals surface area (Å²) in [7, 11) is -3.68. The Hall–Kier alpha value is -2.25. The topological polar surface area (TPSA) is 57.7 Å². The molecule has 2 aromatic carbocycles. The Morgan fingerprint density at radius 1 is 1.04 bits per heavy atom. The van der Waals surface area contributed by atoms with E-state index in [1.807, 2.05) is 30.3 Å². The van der Waals surface area contributed by atoms with Crippen LogP contribution in [0.2, 0.25) is 0 Å². The van der Waals surface area contributed by atoms with Gasteiger partial charge in [0.1, 0.15) is 5.82 Å². The summed E-state index contributed by atoms with van der Waals surface area (Å²) in [6.45, 7) is 2.77. The Labute approximate surface area is 159 Å². The average Bonchev–Trinajstić information content (AvgIpc) is 2.69. The molecule has 1 fully saturated rings. The van der Waals surface area contributed by atoms with Gasteiger partial charge in [0.15, 0.2) is 0 Å². The molecule has 5 nitrogen and oxygen atoms in total. The first-order chi connectivity index (χ1) is 12.9. The molecule has 0 atom stereocenters. The normalized spacial score (nSPS) is 15.7. The third kappa shape index (κ3) is 4.54. The summed E-state index contributed by atoms with van der Waals surface area (Å²) in [6, 6.07) is 13.6. The third-order valence-electron chi connectivity index (χ3n) is 4.83. The van der Waals surface area contributed by atoms with Crippen molar-refractivity contribution in [1.82, 2.24) is 9.21 Å². The zero-order valence-corrected chi connectivity index (χ0v) is 16.1. The van der Waals surface area contributed by atoms with Gasteiger partial charge < -0.3 is 4.90 Å². The summed E-state index contributed by atoms with van der Waals surface area (Å²) in [5.41, 5.74) is 1.41. The van der Waals surface area contributed by atoms with Gasteiger partial charge in [-0.2, -0.15) is 4.31 Å². The minimum Gasteiger partial charge on any atom is -0.340 e. The van der Waals surface area contributed by atoms with Crippen LogP contribution in [0, 0.1) is 12.7 Å². The van der Waals surface area contributed by atoms with Crippen molar-refractivity contribution in [2.24, 2.45) is 0 Å². The van der Waals surface area contributed by atoms with E-state index in [4.69, 9.17) is 0 Å². The van der Waals surface area contributed by atoms with E-state index in [2.05, 4.69) is 0 Å². The fraction of sp³-hybridized carbons (Fsp3) is 0.350. The first-order valence-electron chi connectivity index (χ1n) is 8.96. The summed E-state index contributed by atoms with van der Waals surface area (Å²) < 4.78 is 40.2. The molecule has 0 saturated carbocycles. The van der Waals surface area contributed by atoms with Gasteiger partial charge in [-0.1, -0.05) is 30.3 Å². The summed E-state index contributed by atoms with van der Waals surface area (Å²) in [5, 5.41) is 0. The summed E-state index contributed by atoms with van der Waals surface area (Å²) >= 11 is 0.